The molecule has 2 aliphatic rings. The van der Waals surface area contributed by atoms with Gasteiger partial charge >= 0.3 is 0 Å². The van der Waals surface area contributed by atoms with Crippen LogP contribution >= 0.6 is 0 Å². The molecular weight excluding hydrogens is 242 g/mol. The predicted octanol–water partition coefficient (Wildman–Crippen LogP) is -0.247. The highest BCUT2D eigenvalue weighted by atomic mass is 16.5. The highest BCUT2D eigenvalue weighted by Crippen LogP contribution is 2.19. The minimum Gasteiger partial charge on any atom is -0.394 e. The lowest BCUT2D eigenvalue weighted by atomic mass is 10.0. The van der Waals surface area contributed by atoms with Crippen molar-refractivity contribution >= 4 is 0 Å². The van der Waals surface area contributed by atoms with Gasteiger partial charge in [0.05, 0.1) is 25.4 Å². The van der Waals surface area contributed by atoms with Crippen molar-refractivity contribution in [3.8, 4) is 0 Å². The number of aliphatic hydroxyl groups excluding tert-OH is 1. The number of likely N-dealkylation sites (tertiary alicyclic amines) is 1. The van der Waals surface area contributed by atoms with Gasteiger partial charge in [0.2, 0.25) is 0 Å². The second kappa shape index (κ2) is 6.99. The summed E-state index contributed by atoms with van der Waals surface area (Å²) in [5, 5.41) is 13.0. The van der Waals surface area contributed by atoms with Gasteiger partial charge in [0.15, 0.2) is 0 Å². The van der Waals surface area contributed by atoms with Crippen LogP contribution < -0.4 is 5.32 Å². The van der Waals surface area contributed by atoms with Crippen LogP contribution in [0.15, 0.2) is 0 Å². The van der Waals surface area contributed by atoms with E-state index in [9.17, 15) is 5.11 Å². The molecular formula is C14H29N3O2. The number of morpholine rings is 1. The van der Waals surface area contributed by atoms with Gasteiger partial charge in [-0.1, -0.05) is 6.92 Å². The fraction of sp³-hybridized carbons (Fsp3) is 1.00. The molecule has 19 heavy (non-hydrogen) atoms. The summed E-state index contributed by atoms with van der Waals surface area (Å²) < 4.78 is 5.42. The van der Waals surface area contributed by atoms with Crippen molar-refractivity contribution in [3.05, 3.63) is 0 Å². The largest absolute Gasteiger partial charge is 0.394 e. The van der Waals surface area contributed by atoms with Gasteiger partial charge in [-0.15, -0.1) is 0 Å². The van der Waals surface area contributed by atoms with Crippen LogP contribution in [-0.2, 0) is 4.74 Å². The Morgan fingerprint density at radius 1 is 1.32 bits per heavy atom. The van der Waals surface area contributed by atoms with Gasteiger partial charge in [0.1, 0.15) is 0 Å². The molecule has 2 heterocycles. The van der Waals surface area contributed by atoms with E-state index in [2.05, 4.69) is 29.0 Å². The topological polar surface area (TPSA) is 48.0 Å². The fourth-order valence-electron chi connectivity index (χ4n) is 3.28. The van der Waals surface area contributed by atoms with Crippen LogP contribution in [0.3, 0.4) is 0 Å². The van der Waals surface area contributed by atoms with Crippen LogP contribution in [0.5, 0.6) is 0 Å². The minimum atomic E-state index is -0.172. The summed E-state index contributed by atoms with van der Waals surface area (Å²) in [6, 6.07) is 0.675. The molecule has 0 radical (unpaired) electrons. The van der Waals surface area contributed by atoms with E-state index in [1.165, 1.54) is 6.42 Å². The Labute approximate surface area is 116 Å². The van der Waals surface area contributed by atoms with Crippen LogP contribution in [0.2, 0.25) is 0 Å². The second-order valence-electron chi connectivity index (χ2n) is 6.08. The third-order valence-electron chi connectivity index (χ3n) is 4.33. The average Bonchev–Trinajstić information content (AvgIpc) is 2.88. The van der Waals surface area contributed by atoms with E-state index in [0.29, 0.717) is 6.04 Å². The molecule has 0 spiro atoms. The molecule has 2 unspecified atom stereocenters. The summed E-state index contributed by atoms with van der Waals surface area (Å²) in [7, 11) is 0. The Morgan fingerprint density at radius 2 is 2.05 bits per heavy atom. The van der Waals surface area contributed by atoms with Crippen LogP contribution in [0.4, 0.5) is 0 Å². The SMILES string of the molecule is CCNC(C)(CO)CN1CCC(N2CCOCC2)C1. The summed E-state index contributed by atoms with van der Waals surface area (Å²) in [5.74, 6) is 0. The van der Waals surface area contributed by atoms with Crippen molar-refractivity contribution in [2.45, 2.75) is 31.8 Å². The lowest BCUT2D eigenvalue weighted by Gasteiger charge is -2.35. The summed E-state index contributed by atoms with van der Waals surface area (Å²) in [5.41, 5.74) is -0.172. The van der Waals surface area contributed by atoms with Gasteiger partial charge in [-0.25, -0.2) is 0 Å². The van der Waals surface area contributed by atoms with Crippen molar-refractivity contribution in [1.29, 1.82) is 0 Å². The van der Waals surface area contributed by atoms with Gasteiger partial charge in [-0.05, 0) is 26.4 Å². The van der Waals surface area contributed by atoms with Gasteiger partial charge < -0.3 is 15.2 Å². The quantitative estimate of drug-likeness (QED) is 0.698. The lowest BCUT2D eigenvalue weighted by molar-refractivity contribution is 0.0176. The maximum atomic E-state index is 9.58. The molecule has 112 valence electrons. The number of likely N-dealkylation sites (N-methyl/N-ethyl adjacent to an activating group) is 1. The van der Waals surface area contributed by atoms with Gasteiger partial charge in [-0.3, -0.25) is 9.80 Å². The van der Waals surface area contributed by atoms with E-state index in [1.807, 2.05) is 0 Å². The smallest absolute Gasteiger partial charge is 0.0623 e. The molecule has 5 heteroatoms. The first kappa shape index (κ1) is 15.2. The van der Waals surface area contributed by atoms with Gasteiger partial charge in [-0.2, -0.15) is 0 Å². The van der Waals surface area contributed by atoms with E-state index in [1.54, 1.807) is 0 Å². The molecule has 0 aliphatic carbocycles. The normalized spacial score (nSPS) is 29.5. The molecule has 2 N–H and O–H groups in total. The second-order valence-corrected chi connectivity index (χ2v) is 6.08. The molecule has 2 rings (SSSR count). The van der Waals surface area contributed by atoms with Crippen LogP contribution in [0.1, 0.15) is 20.3 Å². The fourth-order valence-corrected chi connectivity index (χ4v) is 3.28. The number of aliphatic hydroxyl groups is 1. The lowest BCUT2D eigenvalue weighted by Crippen LogP contribution is -2.54. The number of rotatable bonds is 6. The molecule has 0 aromatic carbocycles. The van der Waals surface area contributed by atoms with Crippen molar-refractivity contribution in [2.24, 2.45) is 0 Å². The molecule has 2 saturated heterocycles. The van der Waals surface area contributed by atoms with E-state index in [4.69, 9.17) is 4.74 Å². The van der Waals surface area contributed by atoms with Crippen molar-refractivity contribution in [3.63, 3.8) is 0 Å². The molecule has 5 nitrogen and oxygen atoms in total. The highest BCUT2D eigenvalue weighted by molar-refractivity contribution is 4.91. The zero-order chi connectivity index (χ0) is 13.7. The molecule has 2 atom stereocenters. The average molecular weight is 271 g/mol. The number of nitrogens with zero attached hydrogens (tertiary/aromatic N) is 2. The van der Waals surface area contributed by atoms with Crippen LogP contribution in [0, 0.1) is 0 Å². The maximum Gasteiger partial charge on any atom is 0.0623 e. The first-order valence-corrected chi connectivity index (χ1v) is 7.57. The highest BCUT2D eigenvalue weighted by Gasteiger charge is 2.32. The Morgan fingerprint density at radius 3 is 2.68 bits per heavy atom. The maximum absolute atomic E-state index is 9.58. The summed E-state index contributed by atoms with van der Waals surface area (Å²) in [6.07, 6.45) is 1.24. The summed E-state index contributed by atoms with van der Waals surface area (Å²) >= 11 is 0. The minimum absolute atomic E-state index is 0.172. The van der Waals surface area contributed by atoms with Crippen molar-refractivity contribution in [1.82, 2.24) is 15.1 Å². The molecule has 0 amide bonds. The Balaban J connectivity index is 1.80. The number of hydrogen-bond donors (Lipinski definition) is 2. The zero-order valence-electron chi connectivity index (χ0n) is 12.4. The van der Waals surface area contributed by atoms with E-state index in [0.717, 1.165) is 52.5 Å². The standard InChI is InChI=1S/C14H29N3O2/c1-3-15-14(2,12-18)11-16-5-4-13(10-16)17-6-8-19-9-7-17/h13,15,18H,3-12H2,1-2H3. The molecule has 0 aromatic heterocycles. The van der Waals surface area contributed by atoms with Crippen LogP contribution in [0.25, 0.3) is 0 Å². The van der Waals surface area contributed by atoms with Crippen LogP contribution in [-0.4, -0.2) is 85.6 Å². The van der Waals surface area contributed by atoms with Crippen molar-refractivity contribution < 1.29 is 9.84 Å². The predicted molar refractivity (Wildman–Crippen MR) is 76.4 cm³/mol. The number of nitrogens with one attached hydrogen (secondary N) is 1. The Bertz CT molecular complexity index is 271. The Kier molecular flexibility index (Phi) is 5.59. The first-order valence-electron chi connectivity index (χ1n) is 7.57. The zero-order valence-corrected chi connectivity index (χ0v) is 12.4. The third kappa shape index (κ3) is 4.13. The third-order valence-corrected chi connectivity index (χ3v) is 4.33. The summed E-state index contributed by atoms with van der Waals surface area (Å²) in [4.78, 5) is 5.05. The van der Waals surface area contributed by atoms with Crippen molar-refractivity contribution in [2.75, 3.05) is 59.1 Å². The molecule has 0 aromatic rings. The first-order chi connectivity index (χ1) is 9.17. The van der Waals surface area contributed by atoms with E-state index < -0.39 is 0 Å². The number of ether oxygens (including phenoxy) is 1. The Hall–Kier alpha value is -0.200. The monoisotopic (exact) mass is 271 g/mol. The van der Waals surface area contributed by atoms with E-state index >= 15 is 0 Å². The van der Waals surface area contributed by atoms with E-state index in [-0.39, 0.29) is 12.1 Å². The van der Waals surface area contributed by atoms with Gasteiger partial charge in [0, 0.05) is 32.2 Å². The number of hydrogen-bond acceptors (Lipinski definition) is 5. The molecule has 0 saturated carbocycles. The van der Waals surface area contributed by atoms with Gasteiger partial charge in [0.25, 0.3) is 0 Å². The molecule has 2 fully saturated rings. The molecule has 2 aliphatic heterocycles. The molecule has 0 bridgehead atoms. The summed E-state index contributed by atoms with van der Waals surface area (Å²) in [6.45, 7) is 12.4.